The first-order valence-corrected chi connectivity index (χ1v) is 8.08. The molecule has 1 saturated heterocycles. The number of thioether (sulfide) groups is 1. The average Bonchev–Trinajstić information content (AvgIpc) is 2.44. The van der Waals surface area contributed by atoms with E-state index in [1.165, 1.54) is 0 Å². The summed E-state index contributed by atoms with van der Waals surface area (Å²) < 4.78 is 0. The smallest absolute Gasteiger partial charge is 0.326 e. The molecule has 0 saturated carbocycles. The van der Waals surface area contributed by atoms with Crippen molar-refractivity contribution in [1.82, 2.24) is 15.1 Å². The number of carbonyl (C=O) groups excluding carboxylic acids is 1. The van der Waals surface area contributed by atoms with Crippen LogP contribution in [0.2, 0.25) is 0 Å². The topological polar surface area (TPSA) is 93.1 Å². The molecule has 7 nitrogen and oxygen atoms in total. The fourth-order valence-corrected chi connectivity index (χ4v) is 2.52. The number of carboxylic acids is 1. The zero-order chi connectivity index (χ0) is 15.0. The molecule has 0 aromatic rings. The highest BCUT2D eigenvalue weighted by atomic mass is 32.2. The number of amides is 2. The number of nitrogens with zero attached hydrogens (tertiary/aromatic N) is 2. The summed E-state index contributed by atoms with van der Waals surface area (Å²) in [4.78, 5) is 26.8. The summed E-state index contributed by atoms with van der Waals surface area (Å²) >= 11 is 1.56. The summed E-state index contributed by atoms with van der Waals surface area (Å²) in [7, 11) is 0. The van der Waals surface area contributed by atoms with Gasteiger partial charge in [-0.15, -0.1) is 0 Å². The van der Waals surface area contributed by atoms with Crippen molar-refractivity contribution in [2.75, 3.05) is 51.3 Å². The Bertz CT molecular complexity index is 322. The third-order valence-electron chi connectivity index (χ3n) is 3.28. The van der Waals surface area contributed by atoms with Crippen molar-refractivity contribution >= 4 is 23.8 Å². The number of carbonyl (C=O) groups is 2. The van der Waals surface area contributed by atoms with Gasteiger partial charge in [0, 0.05) is 32.7 Å². The molecule has 2 amide bonds. The van der Waals surface area contributed by atoms with E-state index in [0.29, 0.717) is 44.9 Å². The van der Waals surface area contributed by atoms with Crippen LogP contribution in [0.1, 0.15) is 6.42 Å². The summed E-state index contributed by atoms with van der Waals surface area (Å²) in [6.45, 7) is 3.25. The van der Waals surface area contributed by atoms with Gasteiger partial charge in [-0.2, -0.15) is 11.8 Å². The Kier molecular flexibility index (Phi) is 7.71. The molecule has 20 heavy (non-hydrogen) atoms. The van der Waals surface area contributed by atoms with Crippen molar-refractivity contribution in [3.05, 3.63) is 0 Å². The summed E-state index contributed by atoms with van der Waals surface area (Å²) in [6, 6.07) is -1.15. The molecule has 0 aromatic heterocycles. The van der Waals surface area contributed by atoms with Gasteiger partial charge in [-0.05, 0) is 18.4 Å². The number of rotatable bonds is 7. The van der Waals surface area contributed by atoms with Crippen molar-refractivity contribution in [2.45, 2.75) is 12.5 Å². The number of β-amino-alcohol motifs (C(OH)–C–C–N with tert-alkyl or cyclic N) is 1. The number of aliphatic hydroxyl groups excluding tert-OH is 1. The molecule has 0 aliphatic carbocycles. The van der Waals surface area contributed by atoms with Crippen LogP contribution in [-0.4, -0.2) is 89.4 Å². The quantitative estimate of drug-likeness (QED) is 0.588. The van der Waals surface area contributed by atoms with Crippen molar-refractivity contribution < 1.29 is 19.8 Å². The number of hydrogen-bond donors (Lipinski definition) is 3. The zero-order valence-corrected chi connectivity index (χ0v) is 12.6. The molecule has 3 N–H and O–H groups in total. The molecule has 0 bridgehead atoms. The number of nitrogens with one attached hydrogen (secondary N) is 1. The SMILES string of the molecule is CSCCC(NC(=O)N1CCN(CCO)CC1)C(=O)O. The Morgan fingerprint density at radius 3 is 2.45 bits per heavy atom. The standard InChI is InChI=1S/C12H23N3O4S/c1-20-9-2-10(11(17)18)13-12(19)15-5-3-14(4-6-15)7-8-16/h10,16H,2-9H2,1H3,(H,13,19)(H,17,18). The molecule has 116 valence electrons. The fraction of sp³-hybridized carbons (Fsp3) is 0.833. The second-order valence-electron chi connectivity index (χ2n) is 4.67. The maximum atomic E-state index is 12.0. The number of aliphatic hydroxyl groups is 1. The highest BCUT2D eigenvalue weighted by Gasteiger charge is 2.25. The molecule has 1 heterocycles. The Labute approximate surface area is 123 Å². The number of piperazine rings is 1. The van der Waals surface area contributed by atoms with E-state index in [9.17, 15) is 9.59 Å². The van der Waals surface area contributed by atoms with E-state index in [1.807, 2.05) is 6.26 Å². The second kappa shape index (κ2) is 9.04. The molecular formula is C12H23N3O4S. The van der Waals surface area contributed by atoms with E-state index in [1.54, 1.807) is 16.7 Å². The van der Waals surface area contributed by atoms with Crippen molar-refractivity contribution in [1.29, 1.82) is 0 Å². The second-order valence-corrected chi connectivity index (χ2v) is 5.66. The first kappa shape index (κ1) is 17.1. The lowest BCUT2D eigenvalue weighted by Crippen LogP contribution is -2.55. The minimum atomic E-state index is -0.994. The summed E-state index contributed by atoms with van der Waals surface area (Å²) in [6.07, 6.45) is 2.33. The van der Waals surface area contributed by atoms with Gasteiger partial charge in [0.1, 0.15) is 6.04 Å². The minimum Gasteiger partial charge on any atom is -0.480 e. The Hall–Kier alpha value is -0.990. The van der Waals surface area contributed by atoms with Crippen LogP contribution in [0.4, 0.5) is 4.79 Å². The normalized spacial score (nSPS) is 17.8. The molecule has 1 aliphatic rings. The van der Waals surface area contributed by atoms with E-state index < -0.39 is 12.0 Å². The van der Waals surface area contributed by atoms with Gasteiger partial charge in [-0.3, -0.25) is 4.90 Å². The van der Waals surface area contributed by atoms with E-state index in [2.05, 4.69) is 10.2 Å². The van der Waals surface area contributed by atoms with Gasteiger partial charge in [0.25, 0.3) is 0 Å². The predicted molar refractivity (Wildman–Crippen MR) is 78.1 cm³/mol. The van der Waals surface area contributed by atoms with Gasteiger partial charge < -0.3 is 20.4 Å². The number of urea groups is 1. The van der Waals surface area contributed by atoms with E-state index in [4.69, 9.17) is 10.2 Å². The molecule has 1 aliphatic heterocycles. The van der Waals surface area contributed by atoms with Crippen LogP contribution in [0.5, 0.6) is 0 Å². The van der Waals surface area contributed by atoms with Gasteiger partial charge >= 0.3 is 12.0 Å². The molecule has 8 heteroatoms. The number of hydrogen-bond acceptors (Lipinski definition) is 5. The van der Waals surface area contributed by atoms with Crippen LogP contribution in [0.15, 0.2) is 0 Å². The van der Waals surface area contributed by atoms with Gasteiger partial charge in [0.05, 0.1) is 6.61 Å². The Morgan fingerprint density at radius 2 is 1.95 bits per heavy atom. The van der Waals surface area contributed by atoms with Gasteiger partial charge in [-0.25, -0.2) is 9.59 Å². The van der Waals surface area contributed by atoms with Gasteiger partial charge in [-0.1, -0.05) is 0 Å². The molecule has 1 rings (SSSR count). The van der Waals surface area contributed by atoms with Gasteiger partial charge in [0.15, 0.2) is 0 Å². The van der Waals surface area contributed by atoms with Crippen LogP contribution in [-0.2, 0) is 4.79 Å². The maximum Gasteiger partial charge on any atom is 0.326 e. The van der Waals surface area contributed by atoms with Crippen LogP contribution >= 0.6 is 11.8 Å². The lowest BCUT2D eigenvalue weighted by atomic mass is 10.2. The third kappa shape index (κ3) is 5.56. The third-order valence-corrected chi connectivity index (χ3v) is 3.93. The zero-order valence-electron chi connectivity index (χ0n) is 11.7. The maximum absolute atomic E-state index is 12.0. The van der Waals surface area contributed by atoms with Crippen LogP contribution in [0.25, 0.3) is 0 Å². The van der Waals surface area contributed by atoms with Gasteiger partial charge in [0.2, 0.25) is 0 Å². The molecule has 1 fully saturated rings. The lowest BCUT2D eigenvalue weighted by Gasteiger charge is -2.34. The molecule has 0 radical (unpaired) electrons. The van der Waals surface area contributed by atoms with Crippen LogP contribution in [0, 0.1) is 0 Å². The molecule has 1 unspecified atom stereocenters. The van der Waals surface area contributed by atoms with E-state index >= 15 is 0 Å². The summed E-state index contributed by atoms with van der Waals surface area (Å²) in [5, 5.41) is 20.5. The molecule has 0 aromatic carbocycles. The fourth-order valence-electron chi connectivity index (χ4n) is 2.05. The number of aliphatic carboxylic acids is 1. The first-order valence-electron chi connectivity index (χ1n) is 6.69. The minimum absolute atomic E-state index is 0.113. The summed E-state index contributed by atoms with van der Waals surface area (Å²) in [5.41, 5.74) is 0. The molecular weight excluding hydrogens is 282 g/mol. The van der Waals surface area contributed by atoms with Crippen molar-refractivity contribution in [2.24, 2.45) is 0 Å². The Balaban J connectivity index is 2.39. The van der Waals surface area contributed by atoms with E-state index in [-0.39, 0.29) is 12.6 Å². The molecule has 0 spiro atoms. The monoisotopic (exact) mass is 305 g/mol. The van der Waals surface area contributed by atoms with Crippen molar-refractivity contribution in [3.8, 4) is 0 Å². The first-order chi connectivity index (χ1) is 9.58. The highest BCUT2D eigenvalue weighted by molar-refractivity contribution is 7.98. The predicted octanol–water partition coefficient (Wildman–Crippen LogP) is -0.488. The molecule has 1 atom stereocenters. The Morgan fingerprint density at radius 1 is 1.30 bits per heavy atom. The number of carboxylic acid groups (broad SMARTS) is 1. The van der Waals surface area contributed by atoms with E-state index in [0.717, 1.165) is 0 Å². The van der Waals surface area contributed by atoms with Crippen LogP contribution < -0.4 is 5.32 Å². The average molecular weight is 305 g/mol. The summed E-state index contributed by atoms with van der Waals surface area (Å²) in [5.74, 6) is -0.298. The lowest BCUT2D eigenvalue weighted by molar-refractivity contribution is -0.139. The van der Waals surface area contributed by atoms with Crippen LogP contribution in [0.3, 0.4) is 0 Å². The largest absolute Gasteiger partial charge is 0.480 e. The van der Waals surface area contributed by atoms with Crippen molar-refractivity contribution in [3.63, 3.8) is 0 Å². The highest BCUT2D eigenvalue weighted by Crippen LogP contribution is 2.05.